The van der Waals surface area contributed by atoms with Crippen LogP contribution in [0.3, 0.4) is 0 Å². The Morgan fingerprint density at radius 3 is 2.39 bits per heavy atom. The highest BCUT2D eigenvalue weighted by Crippen LogP contribution is 2.27. The maximum absolute atomic E-state index is 10.2. The van der Waals surface area contributed by atoms with Crippen LogP contribution in [0.1, 0.15) is 5.56 Å². The predicted octanol–water partition coefficient (Wildman–Crippen LogP) is 3.41. The zero-order valence-corrected chi connectivity index (χ0v) is 15.8. The van der Waals surface area contributed by atoms with Gasteiger partial charge in [0, 0.05) is 50.2 Å². The van der Waals surface area contributed by atoms with E-state index in [1.54, 1.807) is 12.3 Å². The summed E-state index contributed by atoms with van der Waals surface area (Å²) in [5, 5.41) is 21.4. The number of hydrogen-bond acceptors (Lipinski definition) is 5. The number of fused-ring (bicyclic) bond motifs is 1. The fourth-order valence-electron chi connectivity index (χ4n) is 3.68. The molecule has 3 aromatic rings. The Bertz CT molecular complexity index is 961. The van der Waals surface area contributed by atoms with Gasteiger partial charge in [0.05, 0.1) is 12.3 Å². The molecule has 0 aromatic heterocycles. The van der Waals surface area contributed by atoms with Crippen LogP contribution in [-0.4, -0.2) is 60.7 Å². The molecule has 144 valence electrons. The number of phenols is 1. The van der Waals surface area contributed by atoms with Crippen LogP contribution in [0.2, 0.25) is 0 Å². The number of aliphatic hydroxyl groups is 1. The number of aromatic hydroxyl groups is 1. The Morgan fingerprint density at radius 2 is 1.64 bits per heavy atom. The average molecular weight is 375 g/mol. The third-order valence-electron chi connectivity index (χ3n) is 5.29. The minimum atomic E-state index is 0.221. The summed E-state index contributed by atoms with van der Waals surface area (Å²) in [6, 6.07) is 19.8. The van der Waals surface area contributed by atoms with E-state index in [0.717, 1.165) is 54.7 Å². The van der Waals surface area contributed by atoms with E-state index in [1.807, 2.05) is 42.5 Å². The Morgan fingerprint density at radius 1 is 0.893 bits per heavy atom. The number of phenolic OH excluding ortho intramolecular Hbond substituents is 1. The molecule has 0 unspecified atom stereocenters. The molecule has 0 bridgehead atoms. The number of aliphatic hydroxyl groups excluding tert-OH is 1. The van der Waals surface area contributed by atoms with E-state index in [9.17, 15) is 5.11 Å². The van der Waals surface area contributed by atoms with E-state index in [-0.39, 0.29) is 12.4 Å². The molecule has 1 saturated heterocycles. The number of rotatable bonds is 5. The average Bonchev–Trinajstić information content (AvgIpc) is 2.74. The maximum Gasteiger partial charge on any atom is 0.124 e. The van der Waals surface area contributed by atoms with E-state index >= 15 is 0 Å². The van der Waals surface area contributed by atoms with Crippen molar-refractivity contribution in [3.05, 3.63) is 66.2 Å². The predicted molar refractivity (Wildman–Crippen MR) is 115 cm³/mol. The number of anilines is 1. The molecule has 2 N–H and O–H groups in total. The lowest BCUT2D eigenvalue weighted by atomic mass is 10.0. The molecule has 5 nitrogen and oxygen atoms in total. The van der Waals surface area contributed by atoms with Crippen LogP contribution in [0.25, 0.3) is 10.8 Å². The molecule has 3 aromatic carbocycles. The first-order valence-electron chi connectivity index (χ1n) is 9.67. The third kappa shape index (κ3) is 4.01. The van der Waals surface area contributed by atoms with Gasteiger partial charge >= 0.3 is 0 Å². The van der Waals surface area contributed by atoms with Crippen LogP contribution in [0.4, 0.5) is 11.4 Å². The van der Waals surface area contributed by atoms with E-state index in [2.05, 4.69) is 26.9 Å². The first kappa shape index (κ1) is 18.5. The van der Waals surface area contributed by atoms with Crippen molar-refractivity contribution < 1.29 is 10.2 Å². The second kappa shape index (κ2) is 8.42. The van der Waals surface area contributed by atoms with Gasteiger partial charge in [0.2, 0.25) is 0 Å². The van der Waals surface area contributed by atoms with E-state index < -0.39 is 0 Å². The van der Waals surface area contributed by atoms with Gasteiger partial charge in [-0.1, -0.05) is 30.3 Å². The lowest BCUT2D eigenvalue weighted by Crippen LogP contribution is -2.47. The number of hydrogen-bond donors (Lipinski definition) is 2. The molecule has 5 heteroatoms. The fraction of sp³-hybridized carbons (Fsp3) is 0.261. The molecular weight excluding hydrogens is 350 g/mol. The Hall–Kier alpha value is -2.89. The fourth-order valence-corrected chi connectivity index (χ4v) is 3.68. The van der Waals surface area contributed by atoms with Crippen LogP contribution in [0, 0.1) is 0 Å². The van der Waals surface area contributed by atoms with Gasteiger partial charge in [-0.05, 0) is 41.1 Å². The van der Waals surface area contributed by atoms with Gasteiger partial charge < -0.3 is 15.1 Å². The van der Waals surface area contributed by atoms with Crippen molar-refractivity contribution >= 4 is 28.4 Å². The highest BCUT2D eigenvalue weighted by Gasteiger charge is 2.16. The summed E-state index contributed by atoms with van der Waals surface area (Å²) >= 11 is 0. The molecule has 0 amide bonds. The van der Waals surface area contributed by atoms with Crippen LogP contribution in [0.15, 0.2) is 65.7 Å². The second-order valence-electron chi connectivity index (χ2n) is 7.05. The van der Waals surface area contributed by atoms with Crippen molar-refractivity contribution in [3.63, 3.8) is 0 Å². The zero-order valence-electron chi connectivity index (χ0n) is 15.8. The smallest absolute Gasteiger partial charge is 0.124 e. The Balaban J connectivity index is 1.48. The first-order chi connectivity index (χ1) is 13.7. The van der Waals surface area contributed by atoms with E-state index in [0.29, 0.717) is 0 Å². The van der Waals surface area contributed by atoms with Crippen molar-refractivity contribution in [2.75, 3.05) is 44.2 Å². The van der Waals surface area contributed by atoms with E-state index in [4.69, 9.17) is 5.11 Å². The topological polar surface area (TPSA) is 59.3 Å². The van der Waals surface area contributed by atoms with Crippen LogP contribution < -0.4 is 4.90 Å². The van der Waals surface area contributed by atoms with E-state index in [1.165, 1.54) is 5.69 Å². The number of nitrogens with zero attached hydrogens (tertiary/aromatic N) is 3. The molecule has 0 radical (unpaired) electrons. The quantitative estimate of drug-likeness (QED) is 0.671. The van der Waals surface area contributed by atoms with Crippen molar-refractivity contribution in [2.45, 2.75) is 0 Å². The number of β-amino-alcohol motifs (C(OH)–C–C–N with tert-alkyl or cyclic N) is 1. The molecule has 28 heavy (non-hydrogen) atoms. The normalized spacial score (nSPS) is 15.5. The largest absolute Gasteiger partial charge is 0.507 e. The first-order valence-corrected chi connectivity index (χ1v) is 9.67. The van der Waals surface area contributed by atoms with Gasteiger partial charge in [-0.25, -0.2) is 0 Å². The zero-order chi connectivity index (χ0) is 19.3. The van der Waals surface area contributed by atoms with Gasteiger partial charge in [-0.3, -0.25) is 9.89 Å². The highest BCUT2D eigenvalue weighted by atomic mass is 16.3. The summed E-state index contributed by atoms with van der Waals surface area (Å²) in [6.07, 6.45) is 1.74. The van der Waals surface area contributed by atoms with Crippen LogP contribution in [-0.2, 0) is 0 Å². The maximum atomic E-state index is 10.2. The van der Waals surface area contributed by atoms with Crippen molar-refractivity contribution in [3.8, 4) is 5.75 Å². The third-order valence-corrected chi connectivity index (χ3v) is 5.29. The molecule has 0 spiro atoms. The van der Waals surface area contributed by atoms with Crippen molar-refractivity contribution in [2.24, 2.45) is 4.99 Å². The second-order valence-corrected chi connectivity index (χ2v) is 7.05. The van der Waals surface area contributed by atoms with Gasteiger partial charge in [-0.15, -0.1) is 0 Å². The molecular formula is C23H25N3O2. The van der Waals surface area contributed by atoms with Gasteiger partial charge in [0.15, 0.2) is 0 Å². The summed E-state index contributed by atoms with van der Waals surface area (Å²) in [7, 11) is 0. The molecule has 1 aliphatic rings. The minimum absolute atomic E-state index is 0.221. The van der Waals surface area contributed by atoms with Gasteiger partial charge in [0.1, 0.15) is 5.75 Å². The SMILES string of the molecule is OCCN1CCN(c2ccc(N=Cc3c(O)ccc4ccccc34)cc2)CC1. The minimum Gasteiger partial charge on any atom is -0.507 e. The van der Waals surface area contributed by atoms with Crippen molar-refractivity contribution in [1.82, 2.24) is 4.90 Å². The number of benzene rings is 3. The van der Waals surface area contributed by atoms with Crippen LogP contribution >= 0.6 is 0 Å². The molecule has 0 saturated carbocycles. The van der Waals surface area contributed by atoms with Crippen LogP contribution in [0.5, 0.6) is 5.75 Å². The monoisotopic (exact) mass is 375 g/mol. The molecule has 0 atom stereocenters. The number of aliphatic imine (C=N–C) groups is 1. The van der Waals surface area contributed by atoms with Gasteiger partial charge in [0.25, 0.3) is 0 Å². The van der Waals surface area contributed by atoms with Crippen molar-refractivity contribution in [1.29, 1.82) is 0 Å². The molecule has 1 heterocycles. The Kier molecular flexibility index (Phi) is 5.55. The molecule has 1 fully saturated rings. The lowest BCUT2D eigenvalue weighted by molar-refractivity contribution is 0.189. The summed E-state index contributed by atoms with van der Waals surface area (Å²) < 4.78 is 0. The standard InChI is InChI=1S/C23H25N3O2/c27-16-15-25-11-13-26(14-12-25)20-8-6-19(7-9-20)24-17-22-21-4-2-1-3-18(21)5-10-23(22)28/h1-10,17,27-28H,11-16H2. The summed E-state index contributed by atoms with van der Waals surface area (Å²) in [6.45, 7) is 4.85. The summed E-state index contributed by atoms with van der Waals surface area (Å²) in [5.41, 5.74) is 2.78. The molecule has 4 rings (SSSR count). The molecule has 0 aliphatic carbocycles. The lowest BCUT2D eigenvalue weighted by Gasteiger charge is -2.35. The summed E-state index contributed by atoms with van der Waals surface area (Å²) in [4.78, 5) is 9.21. The molecule has 1 aliphatic heterocycles. The summed E-state index contributed by atoms with van der Waals surface area (Å²) in [5.74, 6) is 0.236. The number of piperazine rings is 1. The van der Waals surface area contributed by atoms with Gasteiger partial charge in [-0.2, -0.15) is 0 Å². The Labute approximate surface area is 165 Å². The highest BCUT2D eigenvalue weighted by molar-refractivity contribution is 6.02.